The molecule has 0 saturated carbocycles. The summed E-state index contributed by atoms with van der Waals surface area (Å²) in [5.41, 5.74) is -15.9. The second-order valence-electron chi connectivity index (χ2n) is 16.5. The Balaban J connectivity index is 0.000000636. The highest BCUT2D eigenvalue weighted by molar-refractivity contribution is 7.23. The van der Waals surface area contributed by atoms with Crippen LogP contribution in [0.25, 0.3) is 43.1 Å². The maximum absolute atomic E-state index is 17.3. The van der Waals surface area contributed by atoms with Crippen molar-refractivity contribution in [2.45, 2.75) is 6.55 Å². The molecule has 0 unspecified atom stereocenters. The van der Waals surface area contributed by atoms with Crippen molar-refractivity contribution in [3.8, 4) is 0 Å². The van der Waals surface area contributed by atoms with Gasteiger partial charge < -0.3 is 0 Å². The summed E-state index contributed by atoms with van der Waals surface area (Å²) < 4.78 is 495. The highest BCUT2D eigenvalue weighted by Gasteiger charge is 2.52. The molecule has 81 heavy (non-hydrogen) atoms. The normalized spacial score (nSPS) is 12.1. The molecule has 0 aromatic heterocycles. The minimum atomic E-state index is -8.05. The molecule has 9 rings (SSSR count). The monoisotopic (exact) mass is 1200 g/mol. The molecule has 426 valence electrons. The lowest BCUT2D eigenvalue weighted by Crippen LogP contribution is -2.82. The molecule has 0 heterocycles. The maximum atomic E-state index is 17.3. The van der Waals surface area contributed by atoms with Crippen molar-refractivity contribution in [3.63, 3.8) is 0 Å². The summed E-state index contributed by atoms with van der Waals surface area (Å²) in [6.45, 7) is -2.78. The van der Waals surface area contributed by atoms with Gasteiger partial charge in [-0.25, -0.2) is 127 Å². The highest BCUT2D eigenvalue weighted by Crippen LogP contribution is 2.42. The minimum Gasteiger partial charge on any atom is -0.253 e. The molecule has 0 fully saturated rings. The Morgan fingerprint density at radius 2 is 0.407 bits per heavy atom. The number of rotatable bonds is 6. The summed E-state index contributed by atoms with van der Waals surface area (Å²) in [7, 11) is 0. The quantitative estimate of drug-likeness (QED) is 0.0427. The molecule has 0 bridgehead atoms. The molecule has 1 nitrogen and oxygen atoms in total. The van der Waals surface area contributed by atoms with Crippen LogP contribution in [0.2, 0.25) is 0 Å². The number of hydrogen-bond acceptors (Lipinski definition) is 0. The lowest BCUT2D eigenvalue weighted by molar-refractivity contribution is -0.668. The SMILES string of the molecule is Fc1c(F)c(F)c2c([B-](c3c(F)c(F)c(F)c4c(F)c(F)c(F)c(F)c34)(c3c(F)c(F)c(F)c4c(F)c(F)c(F)c(F)c34)c3c(F)c(F)c(F)c4c(F)c(F)c(F)c(F)c34)c(F)c(F)c(F)c2c1F.Fc1cccc([NH2+]C(F)F)c1F. The molecule has 9 aromatic rings. The van der Waals surface area contributed by atoms with Crippen LogP contribution in [0.15, 0.2) is 18.2 Å². The Morgan fingerprint density at radius 1 is 0.222 bits per heavy atom. The van der Waals surface area contributed by atoms with Crippen LogP contribution in [0.3, 0.4) is 0 Å². The summed E-state index contributed by atoms with van der Waals surface area (Å²) in [4.78, 5) is 0. The number of alkyl halides is 2. The first-order valence-corrected chi connectivity index (χ1v) is 20.6. The van der Waals surface area contributed by atoms with E-state index in [1.165, 1.54) is 6.07 Å². The van der Waals surface area contributed by atoms with Crippen LogP contribution in [0.5, 0.6) is 0 Å². The molecule has 0 aliphatic rings. The van der Waals surface area contributed by atoms with Gasteiger partial charge in [-0.15, -0.1) is 21.9 Å². The summed E-state index contributed by atoms with van der Waals surface area (Å²) >= 11 is 0. The highest BCUT2D eigenvalue weighted by atomic mass is 19.3. The Morgan fingerprint density at radius 3 is 0.605 bits per heavy atom. The molecule has 0 amide bonds. The molecule has 0 spiro atoms. The van der Waals surface area contributed by atoms with Gasteiger partial charge >= 0.3 is 6.55 Å². The molecule has 0 radical (unpaired) electrons. The average Bonchev–Trinajstić information content (AvgIpc) is 3.59. The van der Waals surface area contributed by atoms with Crippen LogP contribution in [0.1, 0.15) is 0 Å². The molecule has 34 heteroatoms. The van der Waals surface area contributed by atoms with Crippen molar-refractivity contribution in [2.75, 3.05) is 0 Å². The Bertz CT molecular complexity index is 3790. The first-order chi connectivity index (χ1) is 37.6. The first kappa shape index (κ1) is 58.9. The number of quaternary nitrogens is 1. The van der Waals surface area contributed by atoms with Crippen molar-refractivity contribution in [2.24, 2.45) is 0 Å². The van der Waals surface area contributed by atoms with Gasteiger partial charge in [0, 0.05) is 6.07 Å². The van der Waals surface area contributed by atoms with Crippen molar-refractivity contribution in [3.05, 3.63) is 193 Å². The van der Waals surface area contributed by atoms with Crippen LogP contribution in [0.4, 0.5) is 146 Å². The van der Waals surface area contributed by atoms with Crippen molar-refractivity contribution < 1.29 is 146 Å². The van der Waals surface area contributed by atoms with E-state index in [-0.39, 0.29) is 0 Å². The van der Waals surface area contributed by atoms with Gasteiger partial charge in [-0.1, -0.05) is 6.07 Å². The zero-order chi connectivity index (χ0) is 60.7. The van der Waals surface area contributed by atoms with Gasteiger partial charge in [-0.3, -0.25) is 5.32 Å². The van der Waals surface area contributed by atoms with Crippen LogP contribution in [-0.2, 0) is 0 Å². The molecule has 9 aromatic carbocycles. The third-order valence-electron chi connectivity index (χ3n) is 12.5. The van der Waals surface area contributed by atoms with Crippen LogP contribution in [-0.4, -0.2) is 12.7 Å². The standard InChI is InChI=1S/C40BF28.C7H5F4N/c42-13-1-5(21(50)37(66)33(13)62)17(46)29(58)25(54)9(1)41(10-2-6(18(47)30(59)26(10)55)22(51)38(67)34(63)14(2)43,11-3-7(19(48)31(60)27(11)56)23(52)39(68)35(64)15(3)44)12-4-8(20(49)32(61)28(12)57)24(53)40(69)36(65)16(4)45;8-4-2-1-3-5(6(4)9)12-7(10)11/h;1-3,7,12H/q-1;/p+1. The number of benzene rings is 9. The third kappa shape index (κ3) is 7.95. The second kappa shape index (κ2) is 20.1. The van der Waals surface area contributed by atoms with Gasteiger partial charge in [0.1, 0.15) is 29.4 Å². The zero-order valence-corrected chi connectivity index (χ0v) is 37.1. The van der Waals surface area contributed by atoms with Gasteiger partial charge in [0.2, 0.25) is 5.82 Å². The fourth-order valence-corrected chi connectivity index (χ4v) is 9.38. The predicted molar refractivity (Wildman–Crippen MR) is 213 cm³/mol. The first-order valence-electron chi connectivity index (χ1n) is 20.6. The summed E-state index contributed by atoms with van der Waals surface area (Å²) in [6, 6.07) is 3.13. The molecule has 2 N–H and O–H groups in total. The van der Waals surface area contributed by atoms with Gasteiger partial charge in [-0.2, -0.15) is 13.2 Å². The van der Waals surface area contributed by atoms with E-state index in [1.807, 2.05) is 0 Å². The Labute approximate surface area is 421 Å². The predicted octanol–water partition coefficient (Wildman–Crippen LogP) is 13.0. The molecular formula is C47H6BF32N. The van der Waals surface area contributed by atoms with E-state index in [0.29, 0.717) is 5.32 Å². The van der Waals surface area contributed by atoms with E-state index in [4.69, 9.17) is 0 Å². The molecule has 0 aliphatic carbocycles. The largest absolute Gasteiger partial charge is 0.382 e. The number of halogens is 32. The fraction of sp³-hybridized carbons (Fsp3) is 0.0213. The summed E-state index contributed by atoms with van der Waals surface area (Å²) in [6.07, 6.45) is -8.05. The molecular weight excluding hydrogens is 1200 g/mol. The van der Waals surface area contributed by atoms with E-state index in [1.54, 1.807) is 0 Å². The van der Waals surface area contributed by atoms with Crippen molar-refractivity contribution in [1.29, 1.82) is 0 Å². The van der Waals surface area contributed by atoms with Gasteiger partial charge in [-0.05, 0) is 27.6 Å². The summed E-state index contributed by atoms with van der Waals surface area (Å²) in [5, 5.41) is -26.6. The average molecular weight is 1200 g/mol. The maximum Gasteiger partial charge on any atom is 0.382 e. The summed E-state index contributed by atoms with van der Waals surface area (Å²) in [5.74, 6) is -107. The van der Waals surface area contributed by atoms with Crippen LogP contribution >= 0.6 is 0 Å². The Kier molecular flexibility index (Phi) is 14.6. The van der Waals surface area contributed by atoms with E-state index < -0.39 is 258 Å². The smallest absolute Gasteiger partial charge is 0.253 e. The lowest BCUT2D eigenvalue weighted by Gasteiger charge is -2.47. The second-order valence-corrected chi connectivity index (χ2v) is 16.5. The zero-order valence-electron chi connectivity index (χ0n) is 37.1. The van der Waals surface area contributed by atoms with Crippen molar-refractivity contribution >= 4 is 76.8 Å². The third-order valence-corrected chi connectivity index (χ3v) is 12.5. The lowest BCUT2D eigenvalue weighted by atomic mass is 9.11. The molecule has 0 aliphatic heterocycles. The van der Waals surface area contributed by atoms with E-state index in [9.17, 15) is 35.1 Å². The van der Waals surface area contributed by atoms with Gasteiger partial charge in [0.05, 0.1) is 21.5 Å². The number of hydrogen-bond donors (Lipinski definition) is 1. The van der Waals surface area contributed by atoms with Gasteiger partial charge in [0.15, 0.2) is 151 Å². The van der Waals surface area contributed by atoms with E-state index in [2.05, 4.69) is 0 Å². The van der Waals surface area contributed by atoms with Gasteiger partial charge in [0.25, 0.3) is 0 Å². The number of fused-ring (bicyclic) bond motifs is 4. The van der Waals surface area contributed by atoms with Crippen LogP contribution < -0.4 is 27.2 Å². The topological polar surface area (TPSA) is 16.6 Å². The molecule has 0 saturated heterocycles. The van der Waals surface area contributed by atoms with E-state index >= 15 is 105 Å². The fourth-order valence-electron chi connectivity index (χ4n) is 9.38. The number of nitrogens with two attached hydrogens (primary N) is 1. The molecule has 0 atom stereocenters. The Hall–Kier alpha value is -8.20. The van der Waals surface area contributed by atoms with Crippen LogP contribution in [0, 0.1) is 175 Å². The minimum absolute atomic E-state index is 0.360. The van der Waals surface area contributed by atoms with E-state index in [0.717, 1.165) is 12.1 Å². The van der Waals surface area contributed by atoms with Crippen molar-refractivity contribution in [1.82, 2.24) is 0 Å².